The minimum Gasteiger partial charge on any atom is -0.388 e. The van der Waals surface area contributed by atoms with Crippen LogP contribution < -0.4 is 5.73 Å². The zero-order valence-electron chi connectivity index (χ0n) is 10.3. The molecule has 0 bridgehead atoms. The second-order valence-corrected chi connectivity index (χ2v) is 4.78. The summed E-state index contributed by atoms with van der Waals surface area (Å²) in [6.07, 6.45) is 7.54. The zero-order chi connectivity index (χ0) is 12.7. The van der Waals surface area contributed by atoms with Crippen molar-refractivity contribution >= 4 is 17.4 Å². The van der Waals surface area contributed by atoms with Crippen LogP contribution in [0.5, 0.6) is 0 Å². The number of anilines is 1. The lowest BCUT2D eigenvalue weighted by molar-refractivity contribution is 0.164. The van der Waals surface area contributed by atoms with E-state index in [-0.39, 0.29) is 0 Å². The topological polar surface area (TPSA) is 59.1 Å². The molecule has 0 aliphatic carbocycles. The Labute approximate surface area is 108 Å². The Balaban J connectivity index is 2.41. The molecule has 0 fully saturated rings. The molecule has 3 N–H and O–H groups in total. The van der Waals surface area contributed by atoms with E-state index in [0.717, 1.165) is 19.3 Å². The third kappa shape index (κ3) is 4.92. The molecular formula is C13H21ClN2O. The Morgan fingerprint density at radius 3 is 2.76 bits per heavy atom. The molecule has 1 rings (SSSR count). The van der Waals surface area contributed by atoms with Crippen LogP contribution in [0.3, 0.4) is 0 Å². The first-order valence-electron chi connectivity index (χ1n) is 6.24. The number of aliphatic hydroxyl groups excluding tert-OH is 1. The van der Waals surface area contributed by atoms with E-state index >= 15 is 0 Å². The van der Waals surface area contributed by atoms with Crippen molar-refractivity contribution in [2.24, 2.45) is 0 Å². The van der Waals surface area contributed by atoms with Gasteiger partial charge in [-0.25, -0.2) is 4.98 Å². The highest BCUT2D eigenvalue weighted by Crippen LogP contribution is 2.26. The molecule has 0 spiro atoms. The van der Waals surface area contributed by atoms with Crippen molar-refractivity contribution < 1.29 is 5.11 Å². The van der Waals surface area contributed by atoms with E-state index in [2.05, 4.69) is 11.9 Å². The number of nitrogen functional groups attached to an aromatic ring is 1. The van der Waals surface area contributed by atoms with Gasteiger partial charge in [0, 0.05) is 11.8 Å². The molecule has 96 valence electrons. The van der Waals surface area contributed by atoms with E-state index in [9.17, 15) is 5.11 Å². The molecule has 0 aromatic carbocycles. The lowest BCUT2D eigenvalue weighted by Crippen LogP contribution is -2.04. The van der Waals surface area contributed by atoms with Crippen molar-refractivity contribution in [3.05, 3.63) is 22.8 Å². The molecule has 0 amide bonds. The standard InChI is InChI=1S/C13H21ClN2O/c1-2-3-4-5-6-7-12(17)11-8-10(14)9-16-13(11)15/h8-9,12,17H,2-7H2,1H3,(H2,15,16). The molecule has 1 unspecified atom stereocenters. The maximum atomic E-state index is 10.0. The number of unbranched alkanes of at least 4 members (excludes halogenated alkanes) is 4. The van der Waals surface area contributed by atoms with Crippen LogP contribution in [-0.2, 0) is 0 Å². The molecule has 3 nitrogen and oxygen atoms in total. The van der Waals surface area contributed by atoms with Crippen LogP contribution in [0.25, 0.3) is 0 Å². The summed E-state index contributed by atoms with van der Waals surface area (Å²) in [4.78, 5) is 3.94. The summed E-state index contributed by atoms with van der Waals surface area (Å²) in [7, 11) is 0. The fourth-order valence-corrected chi connectivity index (χ4v) is 2.00. The van der Waals surface area contributed by atoms with Crippen molar-refractivity contribution in [3.63, 3.8) is 0 Å². The van der Waals surface area contributed by atoms with Gasteiger partial charge in [-0.15, -0.1) is 0 Å². The van der Waals surface area contributed by atoms with Gasteiger partial charge in [0.15, 0.2) is 0 Å². The normalized spacial score (nSPS) is 12.6. The lowest BCUT2D eigenvalue weighted by Gasteiger charge is -2.12. The highest BCUT2D eigenvalue weighted by Gasteiger charge is 2.12. The molecule has 1 aromatic heterocycles. The fraction of sp³-hybridized carbons (Fsp3) is 0.615. The molecule has 0 radical (unpaired) electrons. The lowest BCUT2D eigenvalue weighted by atomic mass is 10.0. The largest absolute Gasteiger partial charge is 0.388 e. The van der Waals surface area contributed by atoms with Crippen molar-refractivity contribution in [1.29, 1.82) is 0 Å². The molecule has 0 saturated heterocycles. The van der Waals surface area contributed by atoms with E-state index in [4.69, 9.17) is 17.3 Å². The monoisotopic (exact) mass is 256 g/mol. The number of nitrogens with zero attached hydrogens (tertiary/aromatic N) is 1. The SMILES string of the molecule is CCCCCCCC(O)c1cc(Cl)cnc1N. The first-order chi connectivity index (χ1) is 8.15. The first kappa shape index (κ1) is 14.3. The number of aliphatic hydroxyl groups is 1. The summed E-state index contributed by atoms with van der Waals surface area (Å²) in [6, 6.07) is 1.70. The minimum absolute atomic E-state index is 0.371. The number of nitrogens with two attached hydrogens (primary N) is 1. The second-order valence-electron chi connectivity index (χ2n) is 4.35. The summed E-state index contributed by atoms with van der Waals surface area (Å²) in [5.41, 5.74) is 6.36. The molecule has 1 heterocycles. The van der Waals surface area contributed by atoms with E-state index < -0.39 is 6.10 Å². The van der Waals surface area contributed by atoms with Gasteiger partial charge in [-0.2, -0.15) is 0 Å². The number of hydrogen-bond acceptors (Lipinski definition) is 3. The maximum Gasteiger partial charge on any atom is 0.129 e. The Morgan fingerprint density at radius 1 is 1.35 bits per heavy atom. The molecule has 17 heavy (non-hydrogen) atoms. The van der Waals surface area contributed by atoms with Crippen LogP contribution in [0.1, 0.15) is 57.1 Å². The predicted octanol–water partition coefficient (Wildman–Crippen LogP) is 3.71. The van der Waals surface area contributed by atoms with Gasteiger partial charge >= 0.3 is 0 Å². The van der Waals surface area contributed by atoms with Crippen molar-refractivity contribution in [2.45, 2.75) is 51.6 Å². The van der Waals surface area contributed by atoms with Crippen LogP contribution in [-0.4, -0.2) is 10.1 Å². The van der Waals surface area contributed by atoms with Crippen molar-refractivity contribution in [3.8, 4) is 0 Å². The first-order valence-corrected chi connectivity index (χ1v) is 6.62. The number of aromatic nitrogens is 1. The van der Waals surface area contributed by atoms with E-state index in [1.54, 1.807) is 6.07 Å². The Kier molecular flexibility index (Phi) is 6.30. The highest BCUT2D eigenvalue weighted by molar-refractivity contribution is 6.30. The van der Waals surface area contributed by atoms with Gasteiger partial charge in [-0.05, 0) is 12.5 Å². The Morgan fingerprint density at radius 2 is 2.06 bits per heavy atom. The smallest absolute Gasteiger partial charge is 0.129 e. The summed E-state index contributed by atoms with van der Waals surface area (Å²) in [6.45, 7) is 2.19. The summed E-state index contributed by atoms with van der Waals surface area (Å²) < 4.78 is 0. The molecular weight excluding hydrogens is 236 g/mol. The summed E-state index contributed by atoms with van der Waals surface area (Å²) in [5, 5.41) is 10.5. The predicted molar refractivity (Wildman–Crippen MR) is 72.0 cm³/mol. The van der Waals surface area contributed by atoms with Gasteiger partial charge in [0.2, 0.25) is 0 Å². The third-order valence-corrected chi connectivity index (χ3v) is 3.06. The average molecular weight is 257 g/mol. The van der Waals surface area contributed by atoms with Crippen LogP contribution in [0.2, 0.25) is 5.02 Å². The second kappa shape index (κ2) is 7.51. The van der Waals surface area contributed by atoms with Gasteiger partial charge in [-0.1, -0.05) is 50.6 Å². The average Bonchev–Trinajstić information content (AvgIpc) is 2.32. The minimum atomic E-state index is -0.553. The van der Waals surface area contributed by atoms with E-state index in [0.29, 0.717) is 16.4 Å². The van der Waals surface area contributed by atoms with Gasteiger partial charge in [0.1, 0.15) is 5.82 Å². The maximum absolute atomic E-state index is 10.0. The van der Waals surface area contributed by atoms with Gasteiger partial charge < -0.3 is 10.8 Å². The van der Waals surface area contributed by atoms with Crippen LogP contribution >= 0.6 is 11.6 Å². The number of rotatable bonds is 7. The Bertz CT molecular complexity index is 344. The quantitative estimate of drug-likeness (QED) is 0.731. The number of halogens is 1. The third-order valence-electron chi connectivity index (χ3n) is 2.86. The van der Waals surface area contributed by atoms with Crippen LogP contribution in [0, 0.1) is 0 Å². The van der Waals surface area contributed by atoms with Crippen molar-refractivity contribution in [2.75, 3.05) is 5.73 Å². The molecule has 1 aromatic rings. The van der Waals surface area contributed by atoms with Gasteiger partial charge in [-0.3, -0.25) is 0 Å². The van der Waals surface area contributed by atoms with Gasteiger partial charge in [0.25, 0.3) is 0 Å². The molecule has 0 saturated carbocycles. The van der Waals surface area contributed by atoms with Crippen LogP contribution in [0.15, 0.2) is 12.3 Å². The van der Waals surface area contributed by atoms with Gasteiger partial charge in [0.05, 0.1) is 11.1 Å². The molecule has 0 aliphatic heterocycles. The van der Waals surface area contributed by atoms with E-state index in [1.807, 2.05) is 0 Å². The molecule has 4 heteroatoms. The summed E-state index contributed by atoms with van der Waals surface area (Å²) >= 11 is 5.83. The molecule has 0 aliphatic rings. The number of hydrogen-bond donors (Lipinski definition) is 2. The fourth-order valence-electron chi connectivity index (χ4n) is 1.83. The number of pyridine rings is 1. The molecule has 1 atom stereocenters. The summed E-state index contributed by atoms with van der Waals surface area (Å²) in [5.74, 6) is 0.371. The van der Waals surface area contributed by atoms with E-state index in [1.165, 1.54) is 25.5 Å². The Hall–Kier alpha value is -0.800. The van der Waals surface area contributed by atoms with Crippen molar-refractivity contribution in [1.82, 2.24) is 4.98 Å². The highest BCUT2D eigenvalue weighted by atomic mass is 35.5. The van der Waals surface area contributed by atoms with Crippen LogP contribution in [0.4, 0.5) is 5.82 Å². The zero-order valence-corrected chi connectivity index (χ0v) is 11.1.